The molecule has 1 heterocycles. The Labute approximate surface area is 177 Å². The monoisotopic (exact) mass is 430 g/mol. The molecule has 2 aliphatic rings. The van der Waals surface area contributed by atoms with E-state index in [0.717, 1.165) is 36.9 Å². The van der Waals surface area contributed by atoms with E-state index in [9.17, 15) is 13.2 Å². The zero-order valence-corrected chi connectivity index (χ0v) is 18.0. The summed E-state index contributed by atoms with van der Waals surface area (Å²) in [5.74, 6) is 0.902. The number of carbonyl (C=O) groups excluding carboxylic acids is 1. The lowest BCUT2D eigenvalue weighted by Gasteiger charge is -2.19. The van der Waals surface area contributed by atoms with Crippen molar-refractivity contribution in [1.82, 2.24) is 4.72 Å². The molecular formula is C22H26N2O5S. The molecule has 1 fully saturated rings. The van der Waals surface area contributed by atoms with Gasteiger partial charge < -0.3 is 14.4 Å². The minimum atomic E-state index is -3.56. The Kier molecular flexibility index (Phi) is 5.71. The van der Waals surface area contributed by atoms with E-state index < -0.39 is 10.0 Å². The maximum Gasteiger partial charge on any atom is 0.258 e. The van der Waals surface area contributed by atoms with Crippen LogP contribution in [0, 0.1) is 0 Å². The number of nitrogens with one attached hydrogen (secondary N) is 1. The van der Waals surface area contributed by atoms with Crippen molar-refractivity contribution in [2.24, 2.45) is 0 Å². The third kappa shape index (κ3) is 4.02. The van der Waals surface area contributed by atoms with Gasteiger partial charge in [0.25, 0.3) is 5.91 Å². The first-order chi connectivity index (χ1) is 14.4. The average molecular weight is 431 g/mol. The van der Waals surface area contributed by atoms with E-state index in [1.54, 1.807) is 41.3 Å². The van der Waals surface area contributed by atoms with Gasteiger partial charge in [0.1, 0.15) is 11.5 Å². The fourth-order valence-electron chi connectivity index (χ4n) is 4.17. The molecule has 1 aliphatic heterocycles. The summed E-state index contributed by atoms with van der Waals surface area (Å²) in [6.45, 7) is 0.493. The molecule has 1 N–H and O–H groups in total. The average Bonchev–Trinajstić information content (AvgIpc) is 3.41. The van der Waals surface area contributed by atoms with Gasteiger partial charge in [0, 0.05) is 29.9 Å². The molecule has 7 nitrogen and oxygen atoms in total. The SMILES string of the molecule is COc1cc(OC)cc(C(=O)N2CCc3cc(S(=O)(=O)NC4CCCC4)ccc32)c1. The topological polar surface area (TPSA) is 84.9 Å². The lowest BCUT2D eigenvalue weighted by Crippen LogP contribution is -2.32. The number of ether oxygens (including phenoxy) is 2. The number of benzene rings is 2. The number of methoxy groups -OCH3 is 2. The number of anilines is 1. The van der Waals surface area contributed by atoms with Crippen LogP contribution < -0.4 is 19.1 Å². The molecule has 0 unspecified atom stereocenters. The number of amides is 1. The second-order valence-corrected chi connectivity index (χ2v) is 9.42. The van der Waals surface area contributed by atoms with Crippen LogP contribution in [-0.4, -0.2) is 41.1 Å². The molecule has 1 amide bonds. The van der Waals surface area contributed by atoms with Gasteiger partial charge in [-0.1, -0.05) is 12.8 Å². The lowest BCUT2D eigenvalue weighted by atomic mass is 10.1. The summed E-state index contributed by atoms with van der Waals surface area (Å²) in [4.78, 5) is 15.1. The zero-order chi connectivity index (χ0) is 21.3. The number of hydrogen-bond acceptors (Lipinski definition) is 5. The summed E-state index contributed by atoms with van der Waals surface area (Å²) in [6.07, 6.45) is 4.49. The van der Waals surface area contributed by atoms with Crippen molar-refractivity contribution >= 4 is 21.6 Å². The van der Waals surface area contributed by atoms with Crippen LogP contribution in [0.5, 0.6) is 11.5 Å². The lowest BCUT2D eigenvalue weighted by molar-refractivity contribution is 0.0988. The minimum Gasteiger partial charge on any atom is -0.497 e. The smallest absolute Gasteiger partial charge is 0.258 e. The van der Waals surface area contributed by atoms with Crippen molar-refractivity contribution < 1.29 is 22.7 Å². The van der Waals surface area contributed by atoms with Gasteiger partial charge in [-0.2, -0.15) is 0 Å². The molecule has 0 atom stereocenters. The Morgan fingerprint density at radius 3 is 2.33 bits per heavy atom. The van der Waals surface area contributed by atoms with Gasteiger partial charge in [-0.25, -0.2) is 13.1 Å². The van der Waals surface area contributed by atoms with Crippen LogP contribution in [-0.2, 0) is 16.4 Å². The molecule has 2 aromatic rings. The predicted molar refractivity (Wildman–Crippen MR) is 114 cm³/mol. The Hall–Kier alpha value is -2.58. The normalized spacial score (nSPS) is 16.5. The van der Waals surface area contributed by atoms with Gasteiger partial charge in [-0.3, -0.25) is 4.79 Å². The maximum atomic E-state index is 13.1. The molecule has 4 rings (SSSR count). The highest BCUT2D eigenvalue weighted by Crippen LogP contribution is 2.33. The summed E-state index contributed by atoms with van der Waals surface area (Å²) in [5, 5.41) is 0. The molecular weight excluding hydrogens is 404 g/mol. The molecule has 1 aliphatic carbocycles. The van der Waals surface area contributed by atoms with E-state index in [1.165, 1.54) is 14.2 Å². The van der Waals surface area contributed by atoms with Gasteiger partial charge in [0.05, 0.1) is 19.1 Å². The molecule has 160 valence electrons. The summed E-state index contributed by atoms with van der Waals surface area (Å²) < 4.78 is 38.8. The van der Waals surface area contributed by atoms with Crippen molar-refractivity contribution in [1.29, 1.82) is 0 Å². The van der Waals surface area contributed by atoms with Crippen LogP contribution >= 0.6 is 0 Å². The van der Waals surface area contributed by atoms with Crippen molar-refractivity contribution in [3.63, 3.8) is 0 Å². The van der Waals surface area contributed by atoms with Crippen LogP contribution in [0.2, 0.25) is 0 Å². The van der Waals surface area contributed by atoms with Gasteiger partial charge in [-0.05, 0) is 55.2 Å². The van der Waals surface area contributed by atoms with E-state index in [-0.39, 0.29) is 16.8 Å². The molecule has 0 spiro atoms. The van der Waals surface area contributed by atoms with Crippen molar-refractivity contribution in [3.8, 4) is 11.5 Å². The molecule has 30 heavy (non-hydrogen) atoms. The summed E-state index contributed by atoms with van der Waals surface area (Å²) in [7, 11) is -0.485. The van der Waals surface area contributed by atoms with Crippen molar-refractivity contribution in [3.05, 3.63) is 47.5 Å². The molecule has 2 aromatic carbocycles. The number of rotatable bonds is 6. The standard InChI is InChI=1S/C22H26N2O5S/c1-28-18-11-16(12-19(14-18)29-2)22(25)24-10-9-15-13-20(7-8-21(15)24)30(26,27)23-17-5-3-4-6-17/h7-8,11-14,17,23H,3-6,9-10H2,1-2H3. The van der Waals surface area contributed by atoms with Gasteiger partial charge >= 0.3 is 0 Å². The van der Waals surface area contributed by atoms with E-state index in [1.807, 2.05) is 0 Å². The van der Waals surface area contributed by atoms with Crippen LogP contribution in [0.15, 0.2) is 41.3 Å². The Bertz CT molecular complexity index is 1040. The zero-order valence-electron chi connectivity index (χ0n) is 17.2. The number of nitrogens with zero attached hydrogens (tertiary/aromatic N) is 1. The number of sulfonamides is 1. The van der Waals surface area contributed by atoms with Crippen LogP contribution in [0.25, 0.3) is 0 Å². The van der Waals surface area contributed by atoms with E-state index >= 15 is 0 Å². The molecule has 8 heteroatoms. The molecule has 0 saturated heterocycles. The van der Waals surface area contributed by atoms with Gasteiger partial charge in [-0.15, -0.1) is 0 Å². The molecule has 0 aromatic heterocycles. The third-order valence-corrected chi connectivity index (χ3v) is 7.30. The largest absolute Gasteiger partial charge is 0.497 e. The summed E-state index contributed by atoms with van der Waals surface area (Å²) in [6, 6.07) is 10.1. The summed E-state index contributed by atoms with van der Waals surface area (Å²) in [5.41, 5.74) is 2.05. The first kappa shape index (κ1) is 20.7. The minimum absolute atomic E-state index is 0.0179. The van der Waals surface area contributed by atoms with Crippen molar-refractivity contribution in [2.75, 3.05) is 25.7 Å². The van der Waals surface area contributed by atoms with Gasteiger partial charge in [0.15, 0.2) is 0 Å². The van der Waals surface area contributed by atoms with Gasteiger partial charge in [0.2, 0.25) is 10.0 Å². The molecule has 1 saturated carbocycles. The fraction of sp³-hybridized carbons (Fsp3) is 0.409. The van der Waals surface area contributed by atoms with Crippen LogP contribution in [0.4, 0.5) is 5.69 Å². The van der Waals surface area contributed by atoms with Crippen LogP contribution in [0.1, 0.15) is 41.6 Å². The number of fused-ring (bicyclic) bond motifs is 1. The second-order valence-electron chi connectivity index (χ2n) is 7.70. The fourth-order valence-corrected chi connectivity index (χ4v) is 5.53. The highest BCUT2D eigenvalue weighted by atomic mass is 32.2. The Morgan fingerprint density at radius 1 is 1.03 bits per heavy atom. The van der Waals surface area contributed by atoms with Crippen molar-refractivity contribution in [2.45, 2.75) is 43.0 Å². The molecule has 0 radical (unpaired) electrons. The third-order valence-electron chi connectivity index (χ3n) is 5.78. The maximum absolute atomic E-state index is 13.1. The first-order valence-corrected chi connectivity index (χ1v) is 11.6. The number of carbonyl (C=O) groups is 1. The highest BCUT2D eigenvalue weighted by molar-refractivity contribution is 7.89. The number of hydrogen-bond donors (Lipinski definition) is 1. The highest BCUT2D eigenvalue weighted by Gasteiger charge is 2.29. The predicted octanol–water partition coefficient (Wildman–Crippen LogP) is 3.13. The Balaban J connectivity index is 1.58. The van der Waals surface area contributed by atoms with E-state index in [2.05, 4.69) is 4.72 Å². The van der Waals surface area contributed by atoms with E-state index in [0.29, 0.717) is 30.0 Å². The molecule has 0 bridgehead atoms. The second kappa shape index (κ2) is 8.28. The quantitative estimate of drug-likeness (QED) is 0.761. The van der Waals surface area contributed by atoms with Crippen LogP contribution in [0.3, 0.4) is 0 Å². The van der Waals surface area contributed by atoms with E-state index in [4.69, 9.17) is 9.47 Å². The summed E-state index contributed by atoms with van der Waals surface area (Å²) >= 11 is 0. The first-order valence-electron chi connectivity index (χ1n) is 10.1. The Morgan fingerprint density at radius 2 is 1.70 bits per heavy atom.